The molecule has 0 unspecified atom stereocenters. The molecule has 0 N–H and O–H groups in total. The molecule has 0 heterocycles. The Morgan fingerprint density at radius 2 is 1.79 bits per heavy atom. The van der Waals surface area contributed by atoms with Crippen LogP contribution in [0.25, 0.3) is 11.6 Å². The van der Waals surface area contributed by atoms with Gasteiger partial charge in [-0.15, -0.1) is 0 Å². The number of aryl methyl sites for hydroxylation is 1. The molecular formula is C23H16BrCl2NO. The van der Waals surface area contributed by atoms with Gasteiger partial charge in [0.15, 0.2) is 0 Å². The first-order valence-corrected chi connectivity index (χ1v) is 10.1. The van der Waals surface area contributed by atoms with Crippen LogP contribution in [0.4, 0.5) is 0 Å². The molecule has 3 aromatic rings. The van der Waals surface area contributed by atoms with Crippen LogP contribution in [-0.2, 0) is 6.61 Å². The second kappa shape index (κ2) is 9.30. The SMILES string of the molecule is Cc1ccc(/C(C#N)=C\c2cc(Br)ccc2OCc2ccc(Cl)c(Cl)c2)cc1. The van der Waals surface area contributed by atoms with Gasteiger partial charge in [0.05, 0.1) is 21.7 Å². The molecule has 0 radical (unpaired) electrons. The first kappa shape index (κ1) is 20.5. The molecule has 0 bridgehead atoms. The normalized spacial score (nSPS) is 11.2. The number of nitrogens with zero attached hydrogens (tertiary/aromatic N) is 1. The second-order valence-electron chi connectivity index (χ2n) is 6.26. The van der Waals surface area contributed by atoms with E-state index in [-0.39, 0.29) is 0 Å². The summed E-state index contributed by atoms with van der Waals surface area (Å²) >= 11 is 15.5. The van der Waals surface area contributed by atoms with E-state index in [9.17, 15) is 5.26 Å². The summed E-state index contributed by atoms with van der Waals surface area (Å²) in [6.07, 6.45) is 1.83. The van der Waals surface area contributed by atoms with Crippen LogP contribution in [-0.4, -0.2) is 0 Å². The van der Waals surface area contributed by atoms with Crippen LogP contribution in [0.1, 0.15) is 22.3 Å². The van der Waals surface area contributed by atoms with E-state index in [1.807, 2.05) is 61.5 Å². The van der Waals surface area contributed by atoms with Crippen LogP contribution in [0.3, 0.4) is 0 Å². The van der Waals surface area contributed by atoms with Crippen molar-refractivity contribution < 1.29 is 4.74 Å². The molecule has 0 aliphatic rings. The van der Waals surface area contributed by atoms with Gasteiger partial charge in [0, 0.05) is 10.0 Å². The minimum absolute atomic E-state index is 0.339. The minimum atomic E-state index is 0.339. The van der Waals surface area contributed by atoms with E-state index in [0.29, 0.717) is 28.0 Å². The zero-order valence-corrected chi connectivity index (χ0v) is 18.1. The molecule has 0 atom stereocenters. The lowest BCUT2D eigenvalue weighted by Gasteiger charge is -2.11. The van der Waals surface area contributed by atoms with Gasteiger partial charge in [-0.3, -0.25) is 0 Å². The number of ether oxygens (including phenoxy) is 1. The summed E-state index contributed by atoms with van der Waals surface area (Å²) in [5.41, 5.74) is 4.30. The maximum Gasteiger partial charge on any atom is 0.127 e. The summed E-state index contributed by atoms with van der Waals surface area (Å²) in [5.74, 6) is 0.675. The van der Waals surface area contributed by atoms with Crippen molar-refractivity contribution in [1.82, 2.24) is 0 Å². The van der Waals surface area contributed by atoms with E-state index in [0.717, 1.165) is 26.7 Å². The van der Waals surface area contributed by atoms with Gasteiger partial charge in [-0.1, -0.05) is 75.0 Å². The molecule has 2 nitrogen and oxygen atoms in total. The van der Waals surface area contributed by atoms with E-state index < -0.39 is 0 Å². The van der Waals surface area contributed by atoms with Crippen molar-refractivity contribution in [3.63, 3.8) is 0 Å². The summed E-state index contributed by atoms with van der Waals surface area (Å²) in [5, 5.41) is 10.6. The Morgan fingerprint density at radius 1 is 1.04 bits per heavy atom. The summed E-state index contributed by atoms with van der Waals surface area (Å²) in [7, 11) is 0. The maximum atomic E-state index is 9.64. The minimum Gasteiger partial charge on any atom is -0.488 e. The molecule has 0 aromatic heterocycles. The van der Waals surface area contributed by atoms with Crippen molar-refractivity contribution in [2.45, 2.75) is 13.5 Å². The Kier molecular flexibility index (Phi) is 6.80. The third kappa shape index (κ3) is 5.17. The third-order valence-corrected chi connectivity index (χ3v) is 5.37. The highest BCUT2D eigenvalue weighted by atomic mass is 79.9. The number of hydrogen-bond donors (Lipinski definition) is 0. The highest BCUT2D eigenvalue weighted by Crippen LogP contribution is 2.29. The monoisotopic (exact) mass is 471 g/mol. The van der Waals surface area contributed by atoms with E-state index >= 15 is 0 Å². The Hall–Kier alpha value is -2.25. The lowest BCUT2D eigenvalue weighted by Crippen LogP contribution is -1.97. The summed E-state index contributed by atoms with van der Waals surface area (Å²) < 4.78 is 6.90. The van der Waals surface area contributed by atoms with Crippen molar-refractivity contribution in [1.29, 1.82) is 5.26 Å². The molecule has 0 spiro atoms. The largest absolute Gasteiger partial charge is 0.488 e. The highest BCUT2D eigenvalue weighted by Gasteiger charge is 2.08. The van der Waals surface area contributed by atoms with Gasteiger partial charge < -0.3 is 4.74 Å². The molecular weight excluding hydrogens is 457 g/mol. The molecule has 0 saturated carbocycles. The lowest BCUT2D eigenvalue weighted by molar-refractivity contribution is 0.305. The smallest absolute Gasteiger partial charge is 0.127 e. The predicted molar refractivity (Wildman–Crippen MR) is 120 cm³/mol. The van der Waals surface area contributed by atoms with E-state index in [2.05, 4.69) is 22.0 Å². The fourth-order valence-electron chi connectivity index (χ4n) is 2.62. The molecule has 3 rings (SSSR count). The van der Waals surface area contributed by atoms with E-state index in [1.54, 1.807) is 12.1 Å². The number of benzene rings is 3. The van der Waals surface area contributed by atoms with Crippen LogP contribution in [0.2, 0.25) is 10.0 Å². The first-order chi connectivity index (χ1) is 13.5. The summed E-state index contributed by atoms with van der Waals surface area (Å²) in [6, 6.07) is 21.2. The third-order valence-electron chi connectivity index (χ3n) is 4.13. The molecule has 0 aliphatic carbocycles. The quantitative estimate of drug-likeness (QED) is 0.281. The average molecular weight is 473 g/mol. The molecule has 0 saturated heterocycles. The van der Waals surface area contributed by atoms with Crippen LogP contribution >= 0.6 is 39.1 Å². The van der Waals surface area contributed by atoms with Crippen molar-refractivity contribution in [3.05, 3.63) is 97.4 Å². The molecule has 0 fully saturated rings. The number of rotatable bonds is 5. The number of halogens is 3. The van der Waals surface area contributed by atoms with Crippen molar-refractivity contribution in [2.24, 2.45) is 0 Å². The summed E-state index contributed by atoms with van der Waals surface area (Å²) in [6.45, 7) is 2.36. The van der Waals surface area contributed by atoms with Gasteiger partial charge >= 0.3 is 0 Å². The van der Waals surface area contributed by atoms with E-state index in [4.69, 9.17) is 27.9 Å². The van der Waals surface area contributed by atoms with Crippen LogP contribution in [0.15, 0.2) is 65.1 Å². The molecule has 140 valence electrons. The molecule has 28 heavy (non-hydrogen) atoms. The fourth-order valence-corrected chi connectivity index (χ4v) is 3.32. The van der Waals surface area contributed by atoms with Crippen molar-refractivity contribution in [2.75, 3.05) is 0 Å². The number of nitriles is 1. The zero-order chi connectivity index (χ0) is 20.1. The Bertz CT molecular complexity index is 1070. The van der Waals surface area contributed by atoms with Gasteiger partial charge in [0.1, 0.15) is 12.4 Å². The number of hydrogen-bond acceptors (Lipinski definition) is 2. The Morgan fingerprint density at radius 3 is 2.46 bits per heavy atom. The standard InChI is InChI=1S/C23H16BrCl2NO/c1-15-2-5-17(6-3-15)19(13-27)11-18-12-20(24)7-9-23(18)28-14-16-4-8-21(25)22(26)10-16/h2-12H,14H2,1H3/b19-11-. The van der Waals surface area contributed by atoms with Crippen molar-refractivity contribution >= 4 is 50.8 Å². The van der Waals surface area contributed by atoms with Gasteiger partial charge in [0.2, 0.25) is 0 Å². The highest BCUT2D eigenvalue weighted by molar-refractivity contribution is 9.10. The fraction of sp³-hybridized carbons (Fsp3) is 0.0870. The molecule has 3 aromatic carbocycles. The predicted octanol–water partition coefficient (Wildman–Crippen LogP) is 7.71. The topological polar surface area (TPSA) is 33.0 Å². The van der Waals surface area contributed by atoms with Gasteiger partial charge in [0.25, 0.3) is 0 Å². The Balaban J connectivity index is 1.90. The van der Waals surface area contributed by atoms with Gasteiger partial charge in [-0.25, -0.2) is 0 Å². The van der Waals surface area contributed by atoms with E-state index in [1.165, 1.54) is 0 Å². The van der Waals surface area contributed by atoms with Crippen molar-refractivity contribution in [3.8, 4) is 11.8 Å². The lowest BCUT2D eigenvalue weighted by atomic mass is 10.0. The van der Waals surface area contributed by atoms with Crippen LogP contribution in [0, 0.1) is 18.3 Å². The van der Waals surface area contributed by atoms with Crippen LogP contribution in [0.5, 0.6) is 5.75 Å². The Labute approximate surface area is 183 Å². The number of allylic oxidation sites excluding steroid dienone is 1. The van der Waals surface area contributed by atoms with Gasteiger partial charge in [-0.2, -0.15) is 5.26 Å². The zero-order valence-electron chi connectivity index (χ0n) is 15.0. The maximum absolute atomic E-state index is 9.64. The van der Waals surface area contributed by atoms with Crippen LogP contribution < -0.4 is 4.74 Å². The molecule has 5 heteroatoms. The average Bonchev–Trinajstić information content (AvgIpc) is 2.69. The second-order valence-corrected chi connectivity index (χ2v) is 7.99. The molecule has 0 aliphatic heterocycles. The van der Waals surface area contributed by atoms with Gasteiger partial charge in [-0.05, 0) is 54.5 Å². The molecule has 0 amide bonds. The summed E-state index contributed by atoms with van der Waals surface area (Å²) in [4.78, 5) is 0. The first-order valence-electron chi connectivity index (χ1n) is 8.51.